The highest BCUT2D eigenvalue weighted by atomic mass is 16.4. The number of aliphatic carboxylic acids is 3. The maximum Gasteiger partial charge on any atom is 0.322 e. The number of para-hydroxylation sites is 1. The van der Waals surface area contributed by atoms with Gasteiger partial charge in [-0.3, -0.25) is 14.4 Å². The smallest absolute Gasteiger partial charge is 0.322 e. The normalized spacial score (nSPS) is 13.5. The summed E-state index contributed by atoms with van der Waals surface area (Å²) in [5.74, 6) is -3.88. The molecule has 6 N–H and O–H groups in total. The standard InChI is InChI=1S/C15H17N3O6/c19-13(20)6-12(15(23)24)18-17-11(14(21)22)5-8-7-16-10-4-2-1-3-9(8)10/h1-4,7,11-12,16-18H,5-6H2,(H,19,20)(H,21,22)(H,23,24)/t11-,12-/m0/s1. The van der Waals surface area contributed by atoms with Crippen LogP contribution in [-0.4, -0.2) is 50.3 Å². The first-order valence-electron chi connectivity index (χ1n) is 7.12. The van der Waals surface area contributed by atoms with Gasteiger partial charge in [-0.25, -0.2) is 10.9 Å². The molecular formula is C15H17N3O6. The Morgan fingerprint density at radius 1 is 1.00 bits per heavy atom. The van der Waals surface area contributed by atoms with Crippen LogP contribution in [0.5, 0.6) is 0 Å². The lowest BCUT2D eigenvalue weighted by Gasteiger charge is -2.18. The van der Waals surface area contributed by atoms with E-state index in [0.29, 0.717) is 0 Å². The number of aromatic nitrogens is 1. The van der Waals surface area contributed by atoms with Gasteiger partial charge in [-0.15, -0.1) is 0 Å². The SMILES string of the molecule is O=C(O)C[C@H](NN[C@@H](Cc1c[nH]c2ccccc12)C(=O)O)C(=O)O. The van der Waals surface area contributed by atoms with Gasteiger partial charge < -0.3 is 20.3 Å². The van der Waals surface area contributed by atoms with Crippen LogP contribution in [-0.2, 0) is 20.8 Å². The number of nitrogens with one attached hydrogen (secondary N) is 3. The molecule has 0 unspecified atom stereocenters. The first-order valence-corrected chi connectivity index (χ1v) is 7.12. The van der Waals surface area contributed by atoms with Gasteiger partial charge in [0.2, 0.25) is 0 Å². The minimum atomic E-state index is -1.44. The molecule has 9 nitrogen and oxygen atoms in total. The molecule has 0 saturated heterocycles. The number of hydrazine groups is 1. The first kappa shape index (κ1) is 17.4. The molecule has 128 valence electrons. The molecule has 2 atom stereocenters. The van der Waals surface area contributed by atoms with Crippen molar-refractivity contribution in [2.24, 2.45) is 0 Å². The summed E-state index contributed by atoms with van der Waals surface area (Å²) < 4.78 is 0. The quantitative estimate of drug-likeness (QED) is 0.355. The van der Waals surface area contributed by atoms with Gasteiger partial charge in [0.15, 0.2) is 0 Å². The van der Waals surface area contributed by atoms with E-state index in [2.05, 4.69) is 15.8 Å². The van der Waals surface area contributed by atoms with Crippen LogP contribution in [0, 0.1) is 0 Å². The maximum absolute atomic E-state index is 11.4. The van der Waals surface area contributed by atoms with E-state index in [4.69, 9.17) is 10.2 Å². The third kappa shape index (κ3) is 4.31. The lowest BCUT2D eigenvalue weighted by molar-refractivity contribution is -0.147. The van der Waals surface area contributed by atoms with E-state index >= 15 is 0 Å². The minimum absolute atomic E-state index is 0.0890. The monoisotopic (exact) mass is 335 g/mol. The Kier molecular flexibility index (Phi) is 5.51. The molecule has 9 heteroatoms. The average Bonchev–Trinajstić information content (AvgIpc) is 2.92. The van der Waals surface area contributed by atoms with Gasteiger partial charge in [-0.1, -0.05) is 18.2 Å². The molecule has 0 spiro atoms. The molecule has 2 rings (SSSR count). The van der Waals surface area contributed by atoms with E-state index in [9.17, 15) is 19.5 Å². The van der Waals surface area contributed by atoms with Crippen molar-refractivity contribution < 1.29 is 29.7 Å². The van der Waals surface area contributed by atoms with Gasteiger partial charge in [0.05, 0.1) is 6.42 Å². The number of carboxylic acid groups (broad SMARTS) is 3. The topological polar surface area (TPSA) is 152 Å². The number of fused-ring (bicyclic) bond motifs is 1. The Morgan fingerprint density at radius 3 is 2.25 bits per heavy atom. The van der Waals surface area contributed by atoms with Crippen molar-refractivity contribution in [3.63, 3.8) is 0 Å². The number of aromatic amines is 1. The average molecular weight is 335 g/mol. The zero-order chi connectivity index (χ0) is 17.7. The van der Waals surface area contributed by atoms with E-state index in [-0.39, 0.29) is 6.42 Å². The van der Waals surface area contributed by atoms with Gasteiger partial charge in [0.25, 0.3) is 0 Å². The van der Waals surface area contributed by atoms with Crippen LogP contribution < -0.4 is 10.9 Å². The molecule has 1 aromatic heterocycles. The Hall–Kier alpha value is -2.91. The Labute approximate surface area is 136 Å². The molecule has 1 aromatic carbocycles. The molecule has 2 aromatic rings. The van der Waals surface area contributed by atoms with Gasteiger partial charge in [-0.2, -0.15) is 0 Å². The lowest BCUT2D eigenvalue weighted by atomic mass is 10.1. The maximum atomic E-state index is 11.4. The molecule has 1 heterocycles. The summed E-state index contributed by atoms with van der Waals surface area (Å²) in [5, 5.41) is 27.8. The largest absolute Gasteiger partial charge is 0.481 e. The number of carbonyl (C=O) groups is 3. The molecule has 0 bridgehead atoms. The van der Waals surface area contributed by atoms with Gasteiger partial charge in [-0.05, 0) is 11.6 Å². The Morgan fingerprint density at radius 2 is 1.62 bits per heavy atom. The molecule has 0 aliphatic rings. The second-order valence-corrected chi connectivity index (χ2v) is 5.23. The van der Waals surface area contributed by atoms with Crippen molar-refractivity contribution in [1.82, 2.24) is 15.8 Å². The second kappa shape index (κ2) is 7.57. The van der Waals surface area contributed by atoms with Crippen LogP contribution >= 0.6 is 0 Å². The van der Waals surface area contributed by atoms with Gasteiger partial charge in [0.1, 0.15) is 12.1 Å². The predicted molar refractivity (Wildman–Crippen MR) is 83.4 cm³/mol. The predicted octanol–water partition coefficient (Wildman–Crippen LogP) is 0.186. The first-order chi connectivity index (χ1) is 11.4. The summed E-state index contributed by atoms with van der Waals surface area (Å²) in [5.41, 5.74) is 6.28. The van der Waals surface area contributed by atoms with E-state index in [0.717, 1.165) is 16.5 Å². The second-order valence-electron chi connectivity index (χ2n) is 5.23. The van der Waals surface area contributed by atoms with Gasteiger partial charge in [0, 0.05) is 23.5 Å². The lowest BCUT2D eigenvalue weighted by Crippen LogP contribution is -2.53. The van der Waals surface area contributed by atoms with E-state index in [1.807, 2.05) is 24.3 Å². The third-order valence-electron chi connectivity index (χ3n) is 3.51. The molecule has 0 aliphatic carbocycles. The van der Waals surface area contributed by atoms with E-state index in [1.54, 1.807) is 6.20 Å². The summed E-state index contributed by atoms with van der Waals surface area (Å²) in [7, 11) is 0. The summed E-state index contributed by atoms with van der Waals surface area (Å²) in [6, 6.07) is 4.81. The van der Waals surface area contributed by atoms with Crippen molar-refractivity contribution in [3.05, 3.63) is 36.0 Å². The molecule has 0 fully saturated rings. The number of H-pyrrole nitrogens is 1. The fourth-order valence-electron chi connectivity index (χ4n) is 2.30. The van der Waals surface area contributed by atoms with Crippen LogP contribution in [0.2, 0.25) is 0 Å². The number of carboxylic acids is 3. The van der Waals surface area contributed by atoms with Crippen molar-refractivity contribution in [2.75, 3.05) is 0 Å². The van der Waals surface area contributed by atoms with E-state index in [1.165, 1.54) is 0 Å². The highest BCUT2D eigenvalue weighted by Crippen LogP contribution is 2.19. The van der Waals surface area contributed by atoms with E-state index < -0.39 is 36.4 Å². The number of hydrogen-bond acceptors (Lipinski definition) is 5. The van der Waals surface area contributed by atoms with Crippen LogP contribution in [0.4, 0.5) is 0 Å². The number of hydrogen-bond donors (Lipinski definition) is 6. The number of rotatable bonds is 9. The van der Waals surface area contributed by atoms with Crippen LogP contribution in [0.25, 0.3) is 10.9 Å². The Balaban J connectivity index is 2.08. The van der Waals surface area contributed by atoms with Crippen molar-refractivity contribution in [1.29, 1.82) is 0 Å². The summed E-state index contributed by atoms with van der Waals surface area (Å²) in [6.45, 7) is 0. The van der Waals surface area contributed by atoms with Crippen molar-refractivity contribution in [2.45, 2.75) is 24.9 Å². The molecule has 24 heavy (non-hydrogen) atoms. The van der Waals surface area contributed by atoms with Crippen LogP contribution in [0.3, 0.4) is 0 Å². The van der Waals surface area contributed by atoms with Crippen molar-refractivity contribution >= 4 is 28.8 Å². The summed E-state index contributed by atoms with van der Waals surface area (Å²) in [6.07, 6.45) is 1.10. The molecule has 0 saturated carbocycles. The van der Waals surface area contributed by atoms with Crippen molar-refractivity contribution in [3.8, 4) is 0 Å². The zero-order valence-electron chi connectivity index (χ0n) is 12.5. The van der Waals surface area contributed by atoms with Gasteiger partial charge >= 0.3 is 17.9 Å². The third-order valence-corrected chi connectivity index (χ3v) is 3.51. The zero-order valence-corrected chi connectivity index (χ0v) is 12.5. The number of benzene rings is 1. The molecule has 0 aliphatic heterocycles. The van der Waals surface area contributed by atoms with Crippen LogP contribution in [0.1, 0.15) is 12.0 Å². The molecular weight excluding hydrogens is 318 g/mol. The summed E-state index contributed by atoms with van der Waals surface area (Å²) in [4.78, 5) is 36.1. The Bertz CT molecular complexity index is 757. The fourth-order valence-corrected chi connectivity index (χ4v) is 2.30. The highest BCUT2D eigenvalue weighted by molar-refractivity contribution is 5.84. The minimum Gasteiger partial charge on any atom is -0.481 e. The fraction of sp³-hybridized carbons (Fsp3) is 0.267. The summed E-state index contributed by atoms with van der Waals surface area (Å²) >= 11 is 0. The molecule has 0 amide bonds. The highest BCUT2D eigenvalue weighted by Gasteiger charge is 2.25. The van der Waals surface area contributed by atoms with Crippen LogP contribution in [0.15, 0.2) is 30.5 Å². The molecule has 0 radical (unpaired) electrons.